The zero-order chi connectivity index (χ0) is 15.2. The second-order valence-electron chi connectivity index (χ2n) is 6.77. The molecule has 112 valence electrons. The average Bonchev–Trinajstić information content (AvgIpc) is 2.31. The third kappa shape index (κ3) is 5.68. The number of unbranched alkanes of at least 4 members (excludes halogenated alkanes) is 1. The molecular formula is C16H32O2Si. The smallest absolute Gasteiger partial charge is 0.194 e. The van der Waals surface area contributed by atoms with Gasteiger partial charge in [-0.15, -0.1) is 0 Å². The minimum atomic E-state index is -1.85. The fourth-order valence-electron chi connectivity index (χ4n) is 1.78. The van der Waals surface area contributed by atoms with Crippen molar-refractivity contribution in [1.82, 2.24) is 0 Å². The van der Waals surface area contributed by atoms with E-state index in [-0.39, 0.29) is 17.2 Å². The highest BCUT2D eigenvalue weighted by atomic mass is 28.4. The summed E-state index contributed by atoms with van der Waals surface area (Å²) in [5, 5.41) is 9.17. The van der Waals surface area contributed by atoms with Crippen LogP contribution in [0.1, 0.15) is 60.3 Å². The van der Waals surface area contributed by atoms with Gasteiger partial charge in [0.25, 0.3) is 0 Å². The van der Waals surface area contributed by atoms with Crippen molar-refractivity contribution in [3.05, 3.63) is 0 Å². The first-order valence-electron chi connectivity index (χ1n) is 7.45. The van der Waals surface area contributed by atoms with Crippen LogP contribution in [0.2, 0.25) is 18.1 Å². The van der Waals surface area contributed by atoms with Crippen molar-refractivity contribution in [1.29, 1.82) is 0 Å². The summed E-state index contributed by atoms with van der Waals surface area (Å²) in [6.07, 6.45) is 4.10. The van der Waals surface area contributed by atoms with Gasteiger partial charge in [-0.3, -0.25) is 0 Å². The third-order valence-corrected chi connectivity index (χ3v) is 8.67. The largest absolute Gasteiger partial charge is 0.401 e. The highest BCUT2D eigenvalue weighted by Crippen LogP contribution is 2.41. The monoisotopic (exact) mass is 284 g/mol. The number of rotatable bonds is 6. The number of aliphatic hydroxyl groups excluding tert-OH is 1. The van der Waals surface area contributed by atoms with Gasteiger partial charge in [0, 0.05) is 0 Å². The van der Waals surface area contributed by atoms with Crippen molar-refractivity contribution in [2.24, 2.45) is 0 Å². The predicted molar refractivity (Wildman–Crippen MR) is 85.7 cm³/mol. The second kappa shape index (κ2) is 7.47. The molecular weight excluding hydrogens is 252 g/mol. The predicted octanol–water partition coefficient (Wildman–Crippen LogP) is 4.34. The molecule has 0 rings (SSSR count). The lowest BCUT2D eigenvalue weighted by Gasteiger charge is -2.43. The molecule has 0 aromatic rings. The summed E-state index contributed by atoms with van der Waals surface area (Å²) in [7, 11) is -1.85. The van der Waals surface area contributed by atoms with Crippen molar-refractivity contribution in [2.45, 2.75) is 84.0 Å². The van der Waals surface area contributed by atoms with Crippen LogP contribution in [-0.4, -0.2) is 25.6 Å². The van der Waals surface area contributed by atoms with E-state index in [1.165, 1.54) is 0 Å². The summed E-state index contributed by atoms with van der Waals surface area (Å²) in [5.74, 6) is 6.03. The Morgan fingerprint density at radius 2 is 1.74 bits per heavy atom. The normalized spacial score (nSPS) is 15.6. The van der Waals surface area contributed by atoms with Crippen molar-refractivity contribution in [3.63, 3.8) is 0 Å². The van der Waals surface area contributed by atoms with Crippen LogP contribution in [0.4, 0.5) is 0 Å². The van der Waals surface area contributed by atoms with Crippen molar-refractivity contribution >= 4 is 8.32 Å². The Hall–Kier alpha value is -0.303. The first kappa shape index (κ1) is 18.7. The van der Waals surface area contributed by atoms with Crippen molar-refractivity contribution in [2.75, 3.05) is 6.61 Å². The van der Waals surface area contributed by atoms with E-state index >= 15 is 0 Å². The molecule has 0 aliphatic rings. The third-order valence-electron chi connectivity index (χ3n) is 4.16. The van der Waals surface area contributed by atoms with E-state index in [1.54, 1.807) is 0 Å². The summed E-state index contributed by atoms with van der Waals surface area (Å²) in [5.41, 5.74) is -0.373. The van der Waals surface area contributed by atoms with E-state index < -0.39 is 8.32 Å². The SMILES string of the molecule is CCCCC(C#CCO)(CC)O[Si](C)(C)C(C)(C)C. The lowest BCUT2D eigenvalue weighted by molar-refractivity contribution is 0.0953. The van der Waals surface area contributed by atoms with Gasteiger partial charge in [-0.2, -0.15) is 0 Å². The van der Waals surface area contributed by atoms with Gasteiger partial charge in [0.15, 0.2) is 8.32 Å². The lowest BCUT2D eigenvalue weighted by atomic mass is 9.94. The van der Waals surface area contributed by atoms with Crippen LogP contribution in [-0.2, 0) is 4.43 Å². The zero-order valence-electron chi connectivity index (χ0n) is 13.9. The maximum Gasteiger partial charge on any atom is 0.194 e. The Kier molecular flexibility index (Phi) is 7.35. The van der Waals surface area contributed by atoms with Crippen LogP contribution >= 0.6 is 0 Å². The minimum absolute atomic E-state index is 0.0886. The molecule has 0 aromatic heterocycles. The molecule has 0 spiro atoms. The Bertz CT molecular complexity index is 320. The van der Waals surface area contributed by atoms with Gasteiger partial charge in [0.2, 0.25) is 0 Å². The van der Waals surface area contributed by atoms with Gasteiger partial charge in [-0.05, 0) is 37.4 Å². The maximum absolute atomic E-state index is 8.99. The molecule has 0 radical (unpaired) electrons. The van der Waals surface area contributed by atoms with Crippen LogP contribution in [0.25, 0.3) is 0 Å². The van der Waals surface area contributed by atoms with Gasteiger partial charge in [0.1, 0.15) is 12.2 Å². The molecule has 0 fully saturated rings. The molecule has 0 bridgehead atoms. The van der Waals surface area contributed by atoms with Crippen LogP contribution in [0.5, 0.6) is 0 Å². The highest BCUT2D eigenvalue weighted by molar-refractivity contribution is 6.74. The molecule has 0 saturated heterocycles. The zero-order valence-corrected chi connectivity index (χ0v) is 14.9. The molecule has 3 heteroatoms. The Morgan fingerprint density at radius 1 is 1.16 bits per heavy atom. The summed E-state index contributed by atoms with van der Waals surface area (Å²) in [6.45, 7) is 15.5. The van der Waals surface area contributed by atoms with E-state index in [9.17, 15) is 0 Å². The second-order valence-corrected chi connectivity index (χ2v) is 11.5. The summed E-state index contributed by atoms with van der Waals surface area (Å²) >= 11 is 0. The molecule has 0 aliphatic heterocycles. The van der Waals surface area contributed by atoms with Gasteiger partial charge < -0.3 is 9.53 Å². The van der Waals surface area contributed by atoms with Crippen molar-refractivity contribution in [3.8, 4) is 11.8 Å². The molecule has 0 aromatic carbocycles. The van der Waals surface area contributed by atoms with E-state index in [4.69, 9.17) is 9.53 Å². The molecule has 0 heterocycles. The highest BCUT2D eigenvalue weighted by Gasteiger charge is 2.43. The molecule has 1 atom stereocenters. The van der Waals surface area contributed by atoms with Crippen LogP contribution in [0, 0.1) is 11.8 Å². The van der Waals surface area contributed by atoms with Crippen LogP contribution in [0.15, 0.2) is 0 Å². The topological polar surface area (TPSA) is 29.5 Å². The molecule has 0 amide bonds. The van der Waals surface area contributed by atoms with Crippen molar-refractivity contribution < 1.29 is 9.53 Å². The fourth-order valence-corrected chi connectivity index (χ4v) is 3.36. The molecule has 2 nitrogen and oxygen atoms in total. The van der Waals surface area contributed by atoms with E-state index in [0.29, 0.717) is 0 Å². The molecule has 1 N–H and O–H groups in total. The number of hydrogen-bond acceptors (Lipinski definition) is 2. The van der Waals surface area contributed by atoms with E-state index in [1.807, 2.05) is 0 Å². The van der Waals surface area contributed by atoms with Crippen LogP contribution < -0.4 is 0 Å². The average molecular weight is 285 g/mol. The summed E-state index contributed by atoms with van der Waals surface area (Å²) in [4.78, 5) is 0. The summed E-state index contributed by atoms with van der Waals surface area (Å²) in [6, 6.07) is 0. The Labute approximate surface area is 121 Å². The summed E-state index contributed by atoms with van der Waals surface area (Å²) < 4.78 is 6.60. The molecule has 0 saturated carbocycles. The van der Waals surface area contributed by atoms with E-state index in [2.05, 4.69) is 59.6 Å². The van der Waals surface area contributed by atoms with Crippen LogP contribution in [0.3, 0.4) is 0 Å². The Balaban J connectivity index is 5.24. The molecule has 19 heavy (non-hydrogen) atoms. The molecule has 0 aliphatic carbocycles. The van der Waals surface area contributed by atoms with Gasteiger partial charge in [0.05, 0.1) is 0 Å². The molecule has 1 unspecified atom stereocenters. The van der Waals surface area contributed by atoms with Gasteiger partial charge >= 0.3 is 0 Å². The van der Waals surface area contributed by atoms with Gasteiger partial charge in [-0.25, -0.2) is 0 Å². The fraction of sp³-hybridized carbons (Fsp3) is 0.875. The lowest BCUT2D eigenvalue weighted by Crippen LogP contribution is -2.49. The van der Waals surface area contributed by atoms with Gasteiger partial charge in [-0.1, -0.05) is 52.9 Å². The Morgan fingerprint density at radius 3 is 2.11 bits per heavy atom. The quantitative estimate of drug-likeness (QED) is 0.580. The van der Waals surface area contributed by atoms with E-state index in [0.717, 1.165) is 25.7 Å². The standard InChI is InChI=1S/C16H32O2Si/c1-8-10-12-16(9-2,13-11-14-17)18-19(6,7)15(3,4)5/h17H,8-10,12,14H2,1-7H3. The first-order chi connectivity index (χ1) is 8.64. The minimum Gasteiger partial charge on any atom is -0.401 e. The first-order valence-corrected chi connectivity index (χ1v) is 10.4. The number of hydrogen-bond donors (Lipinski definition) is 1. The maximum atomic E-state index is 8.99. The number of aliphatic hydroxyl groups is 1.